The van der Waals surface area contributed by atoms with E-state index in [0.29, 0.717) is 5.75 Å². The fourth-order valence-electron chi connectivity index (χ4n) is 2.34. The summed E-state index contributed by atoms with van der Waals surface area (Å²) in [6.07, 6.45) is 0. The number of hydrogen-bond acceptors (Lipinski definition) is 3. The lowest BCUT2D eigenvalue weighted by molar-refractivity contribution is -0.141. The Hall–Kier alpha value is -1.69. The smallest absolute Gasteiger partial charge is 0.327 e. The van der Waals surface area contributed by atoms with Crippen LogP contribution in [-0.2, 0) is 4.79 Å². The number of nitrogens with one attached hydrogen (secondary N) is 1. The van der Waals surface area contributed by atoms with E-state index in [1.807, 2.05) is 45.0 Å². The van der Waals surface area contributed by atoms with Gasteiger partial charge in [-0.15, -0.1) is 11.8 Å². The number of carboxylic acid groups (broad SMARTS) is 1. The van der Waals surface area contributed by atoms with Crippen LogP contribution in [0.4, 0.5) is 4.79 Å². The zero-order chi connectivity index (χ0) is 15.6. The predicted octanol–water partition coefficient (Wildman–Crippen LogP) is 2.61. The van der Waals surface area contributed by atoms with Crippen molar-refractivity contribution in [3.63, 3.8) is 0 Å². The molecule has 0 aliphatic carbocycles. The van der Waals surface area contributed by atoms with Crippen molar-refractivity contribution >= 4 is 23.8 Å². The first-order chi connectivity index (χ1) is 9.90. The van der Waals surface area contributed by atoms with Gasteiger partial charge in [0, 0.05) is 5.75 Å². The Morgan fingerprint density at radius 1 is 1.38 bits per heavy atom. The fourth-order valence-corrected chi connectivity index (χ4v) is 3.51. The first-order valence-corrected chi connectivity index (χ1v) is 7.95. The average molecular weight is 308 g/mol. The number of nitrogens with zero attached hydrogens (tertiary/aromatic N) is 1. The second-order valence-corrected chi connectivity index (χ2v) is 6.62. The lowest BCUT2D eigenvalue weighted by atomic mass is 10.1. The van der Waals surface area contributed by atoms with E-state index in [4.69, 9.17) is 0 Å². The molecule has 1 heterocycles. The van der Waals surface area contributed by atoms with E-state index >= 15 is 0 Å². The molecule has 1 aromatic carbocycles. The second-order valence-electron chi connectivity index (χ2n) is 5.28. The summed E-state index contributed by atoms with van der Waals surface area (Å²) in [6.45, 7) is 5.75. The standard InChI is InChI=1S/C15H20N2O3S/c1-9-4-6-12(7-5-9)10(2)16-15(20)17-11(3)21-8-13(17)14(18)19/h4-7,10-11,13H,8H2,1-3H3,(H,16,20)(H,18,19). The minimum absolute atomic E-state index is 0.128. The number of amides is 2. The molecule has 1 saturated heterocycles. The number of carbonyl (C=O) groups excluding carboxylic acids is 1. The third-order valence-corrected chi connectivity index (χ3v) is 4.88. The molecule has 2 N–H and O–H groups in total. The van der Waals surface area contributed by atoms with Gasteiger partial charge in [0.2, 0.25) is 0 Å². The number of carbonyl (C=O) groups is 2. The van der Waals surface area contributed by atoms with Gasteiger partial charge in [-0.1, -0.05) is 29.8 Å². The molecule has 114 valence electrons. The van der Waals surface area contributed by atoms with E-state index in [1.54, 1.807) is 0 Å². The first-order valence-electron chi connectivity index (χ1n) is 6.90. The van der Waals surface area contributed by atoms with E-state index < -0.39 is 12.0 Å². The lowest BCUT2D eigenvalue weighted by Crippen LogP contribution is -2.49. The van der Waals surface area contributed by atoms with Gasteiger partial charge in [0.15, 0.2) is 0 Å². The maximum Gasteiger partial charge on any atom is 0.327 e. The molecule has 0 spiro atoms. The molecule has 0 aromatic heterocycles. The zero-order valence-corrected chi connectivity index (χ0v) is 13.2. The quantitative estimate of drug-likeness (QED) is 0.900. The van der Waals surface area contributed by atoms with Crippen molar-refractivity contribution in [2.45, 2.75) is 38.2 Å². The van der Waals surface area contributed by atoms with Crippen LogP contribution in [0.5, 0.6) is 0 Å². The minimum Gasteiger partial charge on any atom is -0.480 e. The van der Waals surface area contributed by atoms with Gasteiger partial charge < -0.3 is 10.4 Å². The van der Waals surface area contributed by atoms with Gasteiger partial charge in [-0.2, -0.15) is 0 Å². The van der Waals surface area contributed by atoms with E-state index in [0.717, 1.165) is 11.1 Å². The Bertz CT molecular complexity index is 532. The Morgan fingerprint density at radius 2 is 2.00 bits per heavy atom. The summed E-state index contributed by atoms with van der Waals surface area (Å²) in [5.74, 6) is -0.520. The molecule has 0 bridgehead atoms. The fraction of sp³-hybridized carbons (Fsp3) is 0.467. The molecule has 1 aromatic rings. The zero-order valence-electron chi connectivity index (χ0n) is 12.4. The first kappa shape index (κ1) is 15.7. The molecule has 2 rings (SSSR count). The Labute approximate surface area is 128 Å². The van der Waals surface area contributed by atoms with E-state index in [1.165, 1.54) is 16.7 Å². The number of carboxylic acids is 1. The topological polar surface area (TPSA) is 69.6 Å². The molecule has 3 atom stereocenters. The van der Waals surface area contributed by atoms with Crippen LogP contribution in [0.1, 0.15) is 31.0 Å². The van der Waals surface area contributed by atoms with Crippen LogP contribution in [0.3, 0.4) is 0 Å². The predicted molar refractivity (Wildman–Crippen MR) is 83.3 cm³/mol. The highest BCUT2D eigenvalue weighted by molar-refractivity contribution is 8.00. The van der Waals surface area contributed by atoms with Crippen LogP contribution in [0.2, 0.25) is 0 Å². The van der Waals surface area contributed by atoms with Crippen LogP contribution >= 0.6 is 11.8 Å². The van der Waals surface area contributed by atoms with Gasteiger partial charge in [-0.25, -0.2) is 9.59 Å². The van der Waals surface area contributed by atoms with Crippen LogP contribution in [0.15, 0.2) is 24.3 Å². The third kappa shape index (κ3) is 3.50. The normalized spacial score (nSPS) is 22.9. The Kier molecular flexibility index (Phi) is 4.77. The van der Waals surface area contributed by atoms with Gasteiger partial charge >= 0.3 is 12.0 Å². The molecule has 0 saturated carbocycles. The van der Waals surface area contributed by atoms with Crippen molar-refractivity contribution in [2.24, 2.45) is 0 Å². The van der Waals surface area contributed by atoms with Gasteiger partial charge in [-0.3, -0.25) is 4.90 Å². The van der Waals surface area contributed by atoms with E-state index in [2.05, 4.69) is 5.32 Å². The number of aryl methyl sites for hydroxylation is 1. The van der Waals surface area contributed by atoms with Crippen molar-refractivity contribution in [1.82, 2.24) is 10.2 Å². The number of benzene rings is 1. The van der Waals surface area contributed by atoms with Crippen LogP contribution in [0, 0.1) is 6.92 Å². The molecular formula is C15H20N2O3S. The van der Waals surface area contributed by atoms with E-state index in [-0.39, 0.29) is 17.4 Å². The minimum atomic E-state index is -0.954. The molecule has 1 aliphatic rings. The second kappa shape index (κ2) is 6.39. The number of rotatable bonds is 3. The molecule has 2 amide bonds. The monoisotopic (exact) mass is 308 g/mol. The summed E-state index contributed by atoms with van der Waals surface area (Å²) >= 11 is 1.48. The maximum absolute atomic E-state index is 12.4. The van der Waals surface area contributed by atoms with Crippen LogP contribution in [0.25, 0.3) is 0 Å². The summed E-state index contributed by atoms with van der Waals surface area (Å²) in [5.41, 5.74) is 2.16. The van der Waals surface area contributed by atoms with Crippen molar-refractivity contribution in [1.29, 1.82) is 0 Å². The number of thioether (sulfide) groups is 1. The largest absolute Gasteiger partial charge is 0.480 e. The highest BCUT2D eigenvalue weighted by atomic mass is 32.2. The molecule has 1 aliphatic heterocycles. The summed E-state index contributed by atoms with van der Waals surface area (Å²) in [4.78, 5) is 25.0. The van der Waals surface area contributed by atoms with Crippen molar-refractivity contribution < 1.29 is 14.7 Å². The van der Waals surface area contributed by atoms with Crippen LogP contribution in [-0.4, -0.2) is 39.2 Å². The molecule has 0 radical (unpaired) electrons. The lowest BCUT2D eigenvalue weighted by Gasteiger charge is -2.27. The molecule has 21 heavy (non-hydrogen) atoms. The summed E-state index contributed by atoms with van der Waals surface area (Å²) in [6, 6.07) is 6.68. The van der Waals surface area contributed by atoms with Crippen molar-refractivity contribution in [3.05, 3.63) is 35.4 Å². The molecule has 3 unspecified atom stereocenters. The number of urea groups is 1. The SMILES string of the molecule is Cc1ccc(C(C)NC(=O)N2C(C)SCC2C(=O)O)cc1. The summed E-state index contributed by atoms with van der Waals surface area (Å²) in [7, 11) is 0. The highest BCUT2D eigenvalue weighted by Crippen LogP contribution is 2.29. The molecule has 1 fully saturated rings. The number of hydrogen-bond donors (Lipinski definition) is 2. The van der Waals surface area contributed by atoms with Crippen molar-refractivity contribution in [2.75, 3.05) is 5.75 Å². The highest BCUT2D eigenvalue weighted by Gasteiger charge is 2.39. The Balaban J connectivity index is 2.06. The summed E-state index contributed by atoms with van der Waals surface area (Å²) < 4.78 is 0. The van der Waals surface area contributed by atoms with E-state index in [9.17, 15) is 14.7 Å². The average Bonchev–Trinajstić information content (AvgIpc) is 2.81. The van der Waals surface area contributed by atoms with Crippen LogP contribution < -0.4 is 5.32 Å². The van der Waals surface area contributed by atoms with Gasteiger partial charge in [0.05, 0.1) is 11.4 Å². The van der Waals surface area contributed by atoms with Crippen molar-refractivity contribution in [3.8, 4) is 0 Å². The van der Waals surface area contributed by atoms with Gasteiger partial charge in [0.1, 0.15) is 6.04 Å². The van der Waals surface area contributed by atoms with Gasteiger partial charge in [-0.05, 0) is 26.3 Å². The maximum atomic E-state index is 12.4. The third-order valence-electron chi connectivity index (χ3n) is 3.66. The molecule has 5 nitrogen and oxygen atoms in total. The molecular weight excluding hydrogens is 288 g/mol. The Morgan fingerprint density at radius 3 is 2.57 bits per heavy atom. The number of aliphatic carboxylic acids is 1. The summed E-state index contributed by atoms with van der Waals surface area (Å²) in [5, 5.41) is 12.0. The van der Waals surface area contributed by atoms with Gasteiger partial charge in [0.25, 0.3) is 0 Å². The molecule has 6 heteroatoms.